The molecule has 0 spiro atoms. The number of carbonyl (C=O) groups excluding carboxylic acids is 1. The van der Waals surface area contributed by atoms with Gasteiger partial charge in [0, 0.05) is 44.3 Å². The maximum atomic E-state index is 12.4. The van der Waals surface area contributed by atoms with Crippen molar-refractivity contribution in [3.05, 3.63) is 24.3 Å². The highest BCUT2D eigenvalue weighted by atomic mass is 16.5. The Morgan fingerprint density at radius 2 is 2.14 bits per heavy atom. The van der Waals surface area contributed by atoms with Crippen LogP contribution in [0, 0.1) is 0 Å². The number of morpholine rings is 1. The molecule has 1 amide bonds. The second kappa shape index (κ2) is 7.65. The molecular formula is C16H24N4O2. The Kier molecular flexibility index (Phi) is 5.34. The summed E-state index contributed by atoms with van der Waals surface area (Å²) >= 11 is 0. The summed E-state index contributed by atoms with van der Waals surface area (Å²) in [4.78, 5) is 25.0. The van der Waals surface area contributed by atoms with Crippen molar-refractivity contribution >= 4 is 5.91 Å². The molecule has 1 aromatic rings. The first-order chi connectivity index (χ1) is 10.8. The summed E-state index contributed by atoms with van der Waals surface area (Å²) in [5.41, 5.74) is 0.999. The molecule has 0 N–H and O–H groups in total. The van der Waals surface area contributed by atoms with E-state index in [4.69, 9.17) is 4.74 Å². The molecule has 2 fully saturated rings. The Bertz CT molecular complexity index is 476. The van der Waals surface area contributed by atoms with Crippen LogP contribution in [0.25, 0.3) is 0 Å². The fourth-order valence-electron chi connectivity index (χ4n) is 3.18. The van der Waals surface area contributed by atoms with Crippen molar-refractivity contribution in [2.75, 3.05) is 39.4 Å². The van der Waals surface area contributed by atoms with E-state index < -0.39 is 0 Å². The first kappa shape index (κ1) is 15.4. The van der Waals surface area contributed by atoms with Crippen molar-refractivity contribution in [1.29, 1.82) is 0 Å². The monoisotopic (exact) mass is 304 g/mol. The highest BCUT2D eigenvalue weighted by Crippen LogP contribution is 2.15. The predicted molar refractivity (Wildman–Crippen MR) is 82.3 cm³/mol. The average Bonchev–Trinajstić information content (AvgIpc) is 3.10. The first-order valence-corrected chi connectivity index (χ1v) is 8.17. The minimum Gasteiger partial charge on any atom is -0.378 e. The summed E-state index contributed by atoms with van der Waals surface area (Å²) in [5.74, 6) is 0.268. The first-order valence-electron chi connectivity index (χ1n) is 8.17. The van der Waals surface area contributed by atoms with Gasteiger partial charge in [-0.25, -0.2) is 0 Å². The molecule has 6 nitrogen and oxygen atoms in total. The molecule has 2 aliphatic heterocycles. The van der Waals surface area contributed by atoms with Crippen molar-refractivity contribution in [1.82, 2.24) is 19.8 Å². The van der Waals surface area contributed by atoms with Gasteiger partial charge in [0.25, 0.3) is 0 Å². The fraction of sp³-hybridized carbons (Fsp3) is 0.688. The Labute approximate surface area is 131 Å². The normalized spacial score (nSPS) is 22.9. The maximum Gasteiger partial charge on any atom is 0.236 e. The lowest BCUT2D eigenvalue weighted by atomic mass is 10.1. The van der Waals surface area contributed by atoms with Crippen LogP contribution in [0.5, 0.6) is 0 Å². The predicted octanol–water partition coefficient (Wildman–Crippen LogP) is 0.732. The number of hydrogen-bond acceptors (Lipinski definition) is 5. The lowest BCUT2D eigenvalue weighted by Gasteiger charge is -2.36. The summed E-state index contributed by atoms with van der Waals surface area (Å²) in [6.07, 6.45) is 9.33. The third-order valence-corrected chi connectivity index (χ3v) is 4.50. The minimum absolute atomic E-state index is 0.268. The molecule has 0 aliphatic carbocycles. The van der Waals surface area contributed by atoms with Crippen LogP contribution in [-0.2, 0) is 16.0 Å². The number of aryl methyl sites for hydroxylation is 1. The van der Waals surface area contributed by atoms with Crippen LogP contribution in [0.2, 0.25) is 0 Å². The van der Waals surface area contributed by atoms with E-state index in [2.05, 4.69) is 14.9 Å². The topological polar surface area (TPSA) is 58.6 Å². The van der Waals surface area contributed by atoms with Gasteiger partial charge < -0.3 is 9.64 Å². The Balaban J connectivity index is 1.53. The number of likely N-dealkylation sites (tertiary alicyclic amines) is 1. The lowest BCUT2D eigenvalue weighted by molar-refractivity contribution is -0.133. The molecule has 6 heteroatoms. The molecule has 3 rings (SSSR count). The van der Waals surface area contributed by atoms with E-state index in [1.807, 2.05) is 11.1 Å². The van der Waals surface area contributed by atoms with Crippen LogP contribution in [0.15, 0.2) is 18.6 Å². The van der Waals surface area contributed by atoms with Crippen molar-refractivity contribution in [3.8, 4) is 0 Å². The zero-order chi connectivity index (χ0) is 15.2. The van der Waals surface area contributed by atoms with Crippen LogP contribution >= 0.6 is 0 Å². The standard InChI is InChI=1S/C16H24N4O2/c21-16(19-7-1-2-8-19)12-20-9-10-22-13-15(20)4-3-14-11-17-5-6-18-14/h5-6,11,15H,1-4,7-10,12-13H2/t15-/m1/s1. The van der Waals surface area contributed by atoms with Crippen molar-refractivity contribution in [2.24, 2.45) is 0 Å². The number of aromatic nitrogens is 2. The van der Waals surface area contributed by atoms with Gasteiger partial charge in [0.15, 0.2) is 0 Å². The smallest absolute Gasteiger partial charge is 0.236 e. The second-order valence-corrected chi connectivity index (χ2v) is 6.02. The number of rotatable bonds is 5. The van der Waals surface area contributed by atoms with E-state index in [1.165, 1.54) is 0 Å². The molecule has 2 aliphatic rings. The average molecular weight is 304 g/mol. The summed E-state index contributed by atoms with van der Waals surface area (Å²) < 4.78 is 5.61. The van der Waals surface area contributed by atoms with Crippen molar-refractivity contribution in [3.63, 3.8) is 0 Å². The van der Waals surface area contributed by atoms with Gasteiger partial charge in [-0.2, -0.15) is 0 Å². The van der Waals surface area contributed by atoms with Crippen LogP contribution in [0.3, 0.4) is 0 Å². The number of hydrogen-bond donors (Lipinski definition) is 0. The van der Waals surface area contributed by atoms with Gasteiger partial charge in [-0.1, -0.05) is 0 Å². The Morgan fingerprint density at radius 1 is 1.27 bits per heavy atom. The van der Waals surface area contributed by atoms with E-state index in [-0.39, 0.29) is 5.91 Å². The van der Waals surface area contributed by atoms with Gasteiger partial charge in [-0.05, 0) is 25.7 Å². The molecule has 22 heavy (non-hydrogen) atoms. The molecule has 1 atom stereocenters. The SMILES string of the molecule is O=C(CN1CCOC[C@H]1CCc1cnccn1)N1CCCC1. The highest BCUT2D eigenvalue weighted by Gasteiger charge is 2.27. The number of amides is 1. The minimum atomic E-state index is 0.268. The quantitative estimate of drug-likeness (QED) is 0.803. The van der Waals surface area contributed by atoms with Gasteiger partial charge in [-0.15, -0.1) is 0 Å². The molecule has 120 valence electrons. The third-order valence-electron chi connectivity index (χ3n) is 4.50. The molecular weight excluding hydrogens is 280 g/mol. The number of carbonyl (C=O) groups is 1. The van der Waals surface area contributed by atoms with Crippen LogP contribution < -0.4 is 0 Å². The molecule has 0 bridgehead atoms. The summed E-state index contributed by atoms with van der Waals surface area (Å²) in [6, 6.07) is 0.294. The second-order valence-electron chi connectivity index (χ2n) is 6.02. The van der Waals surface area contributed by atoms with E-state index in [9.17, 15) is 4.79 Å². The zero-order valence-electron chi connectivity index (χ0n) is 13.0. The molecule has 3 heterocycles. The van der Waals surface area contributed by atoms with Gasteiger partial charge in [0.2, 0.25) is 5.91 Å². The summed E-state index contributed by atoms with van der Waals surface area (Å²) in [7, 11) is 0. The number of nitrogens with zero attached hydrogens (tertiary/aromatic N) is 4. The van der Waals surface area contributed by atoms with E-state index in [1.54, 1.807) is 12.4 Å². The van der Waals surface area contributed by atoms with E-state index in [0.29, 0.717) is 19.2 Å². The maximum absolute atomic E-state index is 12.4. The van der Waals surface area contributed by atoms with Gasteiger partial charge in [0.05, 0.1) is 25.5 Å². The van der Waals surface area contributed by atoms with Gasteiger partial charge in [0.1, 0.15) is 0 Å². The van der Waals surface area contributed by atoms with Crippen LogP contribution in [-0.4, -0.2) is 71.1 Å². The largest absolute Gasteiger partial charge is 0.378 e. The number of ether oxygens (including phenoxy) is 1. The van der Waals surface area contributed by atoms with E-state index in [0.717, 1.165) is 57.6 Å². The zero-order valence-corrected chi connectivity index (χ0v) is 13.0. The summed E-state index contributed by atoms with van der Waals surface area (Å²) in [5, 5.41) is 0. The highest BCUT2D eigenvalue weighted by molar-refractivity contribution is 5.78. The molecule has 2 saturated heterocycles. The molecule has 1 aromatic heterocycles. The fourth-order valence-corrected chi connectivity index (χ4v) is 3.18. The van der Waals surface area contributed by atoms with Crippen molar-refractivity contribution < 1.29 is 9.53 Å². The molecule has 0 aromatic carbocycles. The molecule has 0 unspecified atom stereocenters. The Morgan fingerprint density at radius 3 is 2.91 bits per heavy atom. The third kappa shape index (κ3) is 4.01. The molecule has 0 saturated carbocycles. The van der Waals surface area contributed by atoms with Crippen LogP contribution in [0.4, 0.5) is 0 Å². The van der Waals surface area contributed by atoms with Crippen LogP contribution in [0.1, 0.15) is 25.0 Å². The van der Waals surface area contributed by atoms with E-state index >= 15 is 0 Å². The lowest BCUT2D eigenvalue weighted by Crippen LogP contribution is -2.50. The van der Waals surface area contributed by atoms with Gasteiger partial charge >= 0.3 is 0 Å². The van der Waals surface area contributed by atoms with Gasteiger partial charge in [-0.3, -0.25) is 19.7 Å². The summed E-state index contributed by atoms with van der Waals surface area (Å²) in [6.45, 7) is 4.63. The Hall–Kier alpha value is -1.53. The molecule has 0 radical (unpaired) electrons. The van der Waals surface area contributed by atoms with Crippen molar-refractivity contribution in [2.45, 2.75) is 31.7 Å².